The molecule has 0 aliphatic carbocycles. The highest BCUT2D eigenvalue weighted by molar-refractivity contribution is 6.00. The van der Waals surface area contributed by atoms with Crippen LogP contribution in [0.15, 0.2) is 70.6 Å². The number of nitrogens with zero attached hydrogens (tertiary/aromatic N) is 4. The van der Waals surface area contributed by atoms with Crippen molar-refractivity contribution in [3.8, 4) is 0 Å². The van der Waals surface area contributed by atoms with E-state index in [-0.39, 0.29) is 114 Å². The monoisotopic (exact) mass is 1200 g/mol. The molecule has 16 N–H and O–H groups in total. The summed E-state index contributed by atoms with van der Waals surface area (Å²) < 4.78 is 0. The van der Waals surface area contributed by atoms with Crippen molar-refractivity contribution in [2.45, 2.75) is 186 Å². The third-order valence-corrected chi connectivity index (χ3v) is 15.3. The molecule has 86 heavy (non-hydrogen) atoms. The van der Waals surface area contributed by atoms with Gasteiger partial charge in [-0.25, -0.2) is 0 Å². The fraction of sp³-hybridized carbons (Fsp3) is 0.600. The molecule has 0 spiro atoms. The first-order valence-electron chi connectivity index (χ1n) is 30.1. The van der Waals surface area contributed by atoms with Gasteiger partial charge in [0.25, 0.3) is 0 Å². The van der Waals surface area contributed by atoms with E-state index < -0.39 is 125 Å². The Morgan fingerprint density at radius 3 is 1.21 bits per heavy atom. The van der Waals surface area contributed by atoms with Gasteiger partial charge in [-0.1, -0.05) is 102 Å². The van der Waals surface area contributed by atoms with Crippen molar-refractivity contribution >= 4 is 71.0 Å². The van der Waals surface area contributed by atoms with Gasteiger partial charge in [-0.05, 0) is 100 Å². The summed E-state index contributed by atoms with van der Waals surface area (Å²) in [5.41, 5.74) is 23.8. The van der Waals surface area contributed by atoms with Gasteiger partial charge in [0.15, 0.2) is 11.9 Å². The average Bonchev–Trinajstić information content (AvgIpc) is 2.53. The number of benzene rings is 2. The number of nitrogens with one attached hydrogen (secondary N) is 8. The highest BCUT2D eigenvalue weighted by Crippen LogP contribution is 2.23. The molecule has 0 unspecified atom stereocenters. The van der Waals surface area contributed by atoms with E-state index in [0.29, 0.717) is 24.0 Å². The average molecular weight is 1200 g/mol. The lowest BCUT2D eigenvalue weighted by Crippen LogP contribution is -2.62. The molecule has 3 aliphatic heterocycles. The van der Waals surface area contributed by atoms with Crippen LogP contribution < -0.4 is 65.5 Å². The normalized spacial score (nSPS) is 25.6. The molecule has 5 rings (SSSR count). The van der Waals surface area contributed by atoms with E-state index >= 15 is 0 Å². The molecule has 0 aromatic heterocycles. The number of hydrogen-bond donors (Lipinski definition) is 12. The summed E-state index contributed by atoms with van der Waals surface area (Å²) in [4.78, 5) is 157. The van der Waals surface area contributed by atoms with E-state index in [1.54, 1.807) is 74.5 Å². The maximum Gasteiger partial charge on any atom is 0.246 e. The standard InChI is InChI=1S/C60H92N16O10/c1-34(2)30-42-52(80)73-45(33-39-20-12-9-13-21-39)58(86)76-29-17-25-47(76)55(83)74-48(36(5)6)56(84)69-41(23-15-27-66-60(63)64)51(79)71-43(31-35(3)4)53(81)72-44(32-38-18-10-8-11-19-38)57(85)75-28-16-24-46(75)54(82)67-37(7)49(77)68-40(50(78)70-42)22-14-26-65-59(61)62/h8-13,18-21,34-37,40-48H,14-17,22-33H2,1-7H3,(H,67,82)(H,68,77)(H,69,84)(H,70,78)(H,71,79)(H,72,81)(H,73,80)(H,74,83)(H4,61,62,65)(H4,63,64,66)/t37-,40-,41-,42-,43-,44+,45+,46-,47-,48-/m0/s1. The van der Waals surface area contributed by atoms with Crippen molar-refractivity contribution in [1.82, 2.24) is 52.3 Å². The maximum absolute atomic E-state index is 15.0. The maximum atomic E-state index is 15.0. The van der Waals surface area contributed by atoms with Crippen LogP contribution in [0.25, 0.3) is 0 Å². The summed E-state index contributed by atoms with van der Waals surface area (Å²) in [6.07, 6.45) is 1.80. The lowest BCUT2D eigenvalue weighted by molar-refractivity contribution is -0.143. The molecule has 0 bridgehead atoms. The number of nitrogens with two attached hydrogens (primary N) is 4. The fourth-order valence-corrected chi connectivity index (χ4v) is 10.9. The Bertz CT molecular complexity index is 2720. The zero-order valence-corrected chi connectivity index (χ0v) is 50.8. The molecule has 2 aromatic carbocycles. The second-order valence-electron chi connectivity index (χ2n) is 23.7. The summed E-state index contributed by atoms with van der Waals surface area (Å²) in [7, 11) is 0. The largest absolute Gasteiger partial charge is 0.370 e. The van der Waals surface area contributed by atoms with Crippen molar-refractivity contribution in [2.24, 2.45) is 50.7 Å². The fourth-order valence-electron chi connectivity index (χ4n) is 10.9. The third-order valence-electron chi connectivity index (χ3n) is 15.3. The van der Waals surface area contributed by atoms with E-state index in [0.717, 1.165) is 0 Å². The van der Waals surface area contributed by atoms with Crippen molar-refractivity contribution in [1.29, 1.82) is 0 Å². The smallest absolute Gasteiger partial charge is 0.246 e. The van der Waals surface area contributed by atoms with E-state index in [2.05, 4.69) is 52.5 Å². The molecule has 26 nitrogen and oxygen atoms in total. The van der Waals surface area contributed by atoms with Crippen LogP contribution in [0.5, 0.6) is 0 Å². The Balaban J connectivity index is 1.59. The molecule has 26 heteroatoms. The van der Waals surface area contributed by atoms with Crippen LogP contribution >= 0.6 is 0 Å². The first-order valence-corrected chi connectivity index (χ1v) is 30.1. The van der Waals surface area contributed by atoms with Crippen LogP contribution in [0.3, 0.4) is 0 Å². The quantitative estimate of drug-likeness (QED) is 0.0526. The lowest BCUT2D eigenvalue weighted by atomic mass is 9.99. The number of rotatable bonds is 17. The van der Waals surface area contributed by atoms with Crippen LogP contribution in [-0.2, 0) is 60.8 Å². The molecule has 0 radical (unpaired) electrons. The van der Waals surface area contributed by atoms with E-state index in [1.807, 2.05) is 27.7 Å². The van der Waals surface area contributed by atoms with Gasteiger partial charge >= 0.3 is 0 Å². The predicted octanol–water partition coefficient (Wildman–Crippen LogP) is -0.779. The van der Waals surface area contributed by atoms with Crippen LogP contribution in [0, 0.1) is 17.8 Å². The Hall–Kier alpha value is -8.32. The molecule has 0 saturated carbocycles. The van der Waals surface area contributed by atoms with Crippen molar-refractivity contribution in [3.63, 3.8) is 0 Å². The predicted molar refractivity (Wildman–Crippen MR) is 324 cm³/mol. The summed E-state index contributed by atoms with van der Waals surface area (Å²) in [5, 5.41) is 22.5. The highest BCUT2D eigenvalue weighted by atomic mass is 16.2. The molecule has 472 valence electrons. The van der Waals surface area contributed by atoms with E-state index in [4.69, 9.17) is 22.9 Å². The molecular weight excluding hydrogens is 1100 g/mol. The number of hydrogen-bond acceptors (Lipinski definition) is 12. The molecule has 3 fully saturated rings. The topological polar surface area (TPSA) is 402 Å². The molecule has 2 aromatic rings. The molecule has 3 aliphatic rings. The number of carbonyl (C=O) groups excluding carboxylic acids is 10. The molecule has 3 saturated heterocycles. The first-order chi connectivity index (χ1) is 40.8. The second kappa shape index (κ2) is 33.4. The number of guanidine groups is 2. The van der Waals surface area contributed by atoms with Crippen molar-refractivity contribution in [2.75, 3.05) is 26.2 Å². The first kappa shape index (κ1) is 68.5. The lowest BCUT2D eigenvalue weighted by Gasteiger charge is -2.32. The summed E-state index contributed by atoms with van der Waals surface area (Å²) in [6, 6.07) is 5.58. The van der Waals surface area contributed by atoms with Crippen LogP contribution in [0.2, 0.25) is 0 Å². The third kappa shape index (κ3) is 21.0. The summed E-state index contributed by atoms with van der Waals surface area (Å²) in [6.45, 7) is 12.6. The summed E-state index contributed by atoms with van der Waals surface area (Å²) >= 11 is 0. The number of aliphatic imine (C=N–C) groups is 2. The molecule has 10 atom stereocenters. The number of fused-ring (bicyclic) bond motifs is 2. The number of amides is 10. The van der Waals surface area contributed by atoms with Gasteiger partial charge in [-0.2, -0.15) is 0 Å². The van der Waals surface area contributed by atoms with Gasteiger partial charge < -0.3 is 75.3 Å². The van der Waals surface area contributed by atoms with Gasteiger partial charge in [0, 0.05) is 39.0 Å². The molecular formula is C60H92N16O10. The zero-order valence-electron chi connectivity index (χ0n) is 50.8. The molecule has 10 amide bonds. The minimum absolute atomic E-state index is 0.00341. The Morgan fingerprint density at radius 1 is 0.465 bits per heavy atom. The van der Waals surface area contributed by atoms with Crippen molar-refractivity contribution < 1.29 is 47.9 Å². The van der Waals surface area contributed by atoms with E-state index in [1.165, 1.54) is 16.7 Å². The zero-order chi connectivity index (χ0) is 63.2. The van der Waals surface area contributed by atoms with Gasteiger partial charge in [-0.15, -0.1) is 0 Å². The Kier molecular flexibility index (Phi) is 26.6. The van der Waals surface area contributed by atoms with Gasteiger partial charge in [0.1, 0.15) is 60.4 Å². The van der Waals surface area contributed by atoms with Gasteiger partial charge in [0.05, 0.1) is 0 Å². The Labute approximate surface area is 504 Å². The minimum Gasteiger partial charge on any atom is -0.370 e. The van der Waals surface area contributed by atoms with Crippen LogP contribution in [0.4, 0.5) is 0 Å². The SMILES string of the molecule is CC(C)C[C@@H]1NC(=O)[C@H](CCCN=C(N)N)NC(=O)[C@H](C(C)C)NC(=O)[C@@H]2CCCN2C(=O)[C@@H](Cc2ccccc2)NC(=O)[C@H](CC(C)C)NC(=O)[C@H](CCCN=C(N)N)NC(=O)[C@H](C)NC(=O)[C@@H]2CCCN2C(=O)[C@@H](Cc2ccccc2)NC1=O. The van der Waals surface area contributed by atoms with E-state index in [9.17, 15) is 47.9 Å². The number of carbonyl (C=O) groups is 10. The highest BCUT2D eigenvalue weighted by Gasteiger charge is 2.43. The second-order valence-corrected chi connectivity index (χ2v) is 23.7. The minimum atomic E-state index is -1.30. The molecule has 3 heterocycles. The Morgan fingerprint density at radius 2 is 0.826 bits per heavy atom. The van der Waals surface area contributed by atoms with Gasteiger partial charge in [0.2, 0.25) is 59.1 Å². The van der Waals surface area contributed by atoms with Crippen LogP contribution in [0.1, 0.15) is 124 Å². The van der Waals surface area contributed by atoms with Crippen molar-refractivity contribution in [3.05, 3.63) is 71.8 Å². The summed E-state index contributed by atoms with van der Waals surface area (Å²) in [5.74, 6) is -8.19. The van der Waals surface area contributed by atoms with Gasteiger partial charge in [-0.3, -0.25) is 57.9 Å². The van der Waals surface area contributed by atoms with Crippen LogP contribution in [-0.4, -0.2) is 167 Å².